The monoisotopic (exact) mass is 325 g/mol. The lowest BCUT2D eigenvalue weighted by Gasteiger charge is -2.07. The molecule has 0 saturated carbocycles. The summed E-state index contributed by atoms with van der Waals surface area (Å²) in [6, 6.07) is 4.53. The maximum Gasteiger partial charge on any atom is 0.341 e. The molecular weight excluding hydrogens is 313 g/mol. The van der Waals surface area contributed by atoms with Crippen molar-refractivity contribution < 1.29 is 9.13 Å². The third kappa shape index (κ3) is 3.26. The minimum Gasteiger partial charge on any atom is -0.423 e. The number of aryl methyl sites for hydroxylation is 2. The van der Waals surface area contributed by atoms with Crippen molar-refractivity contribution in [3.63, 3.8) is 0 Å². The maximum atomic E-state index is 13.1. The Morgan fingerprint density at radius 3 is 2.53 bits per heavy atom. The molecule has 0 aliphatic heterocycles. The lowest BCUT2D eigenvalue weighted by Crippen LogP contribution is -2.04. The van der Waals surface area contributed by atoms with E-state index in [-0.39, 0.29) is 11.8 Å². The lowest BCUT2D eigenvalue weighted by atomic mass is 10.2. The molecule has 0 fully saturated rings. The van der Waals surface area contributed by atoms with E-state index in [1.54, 1.807) is 0 Å². The van der Waals surface area contributed by atoms with Gasteiger partial charge in [0.15, 0.2) is 0 Å². The number of hydrogen-bond acceptors (Lipinski definition) is 4. The van der Waals surface area contributed by atoms with E-state index in [2.05, 4.69) is 31.1 Å². The van der Waals surface area contributed by atoms with Gasteiger partial charge < -0.3 is 4.74 Å². The number of benzene rings is 1. The van der Waals surface area contributed by atoms with Crippen molar-refractivity contribution in [2.24, 2.45) is 0 Å². The summed E-state index contributed by atoms with van der Waals surface area (Å²) < 4.78 is 18.9. The third-order valence-electron chi connectivity index (χ3n) is 2.59. The van der Waals surface area contributed by atoms with Crippen molar-refractivity contribution in [3.8, 4) is 11.8 Å². The molecule has 0 aliphatic rings. The number of aromatic nitrogens is 3. The maximum absolute atomic E-state index is 13.1. The van der Waals surface area contributed by atoms with Crippen LogP contribution in [0.3, 0.4) is 0 Å². The van der Waals surface area contributed by atoms with Gasteiger partial charge in [-0.25, -0.2) is 4.39 Å². The van der Waals surface area contributed by atoms with Gasteiger partial charge in [-0.1, -0.05) is 18.9 Å². The summed E-state index contributed by atoms with van der Waals surface area (Å²) in [5, 5.41) is 7.99. The van der Waals surface area contributed by atoms with E-state index in [0.29, 0.717) is 10.2 Å². The zero-order valence-corrected chi connectivity index (χ0v) is 12.2. The first-order chi connectivity index (χ1) is 9.13. The molecular formula is C13H13BrFN3O. The Morgan fingerprint density at radius 1 is 1.16 bits per heavy atom. The molecule has 0 saturated heterocycles. The Hall–Kier alpha value is -1.56. The van der Waals surface area contributed by atoms with Gasteiger partial charge in [0.1, 0.15) is 11.6 Å². The van der Waals surface area contributed by atoms with Crippen molar-refractivity contribution in [1.29, 1.82) is 0 Å². The average Bonchev–Trinajstić information content (AvgIpc) is 2.43. The van der Waals surface area contributed by atoms with Crippen molar-refractivity contribution >= 4 is 15.9 Å². The Balaban J connectivity index is 2.25. The van der Waals surface area contributed by atoms with E-state index >= 15 is 0 Å². The van der Waals surface area contributed by atoms with E-state index in [1.165, 1.54) is 18.2 Å². The molecule has 1 aromatic carbocycles. The second-order valence-electron chi connectivity index (χ2n) is 3.87. The Labute approximate surface area is 119 Å². The number of hydrogen-bond donors (Lipinski definition) is 0. The predicted octanol–water partition coefficient (Wildman–Crippen LogP) is 3.69. The first-order valence-electron chi connectivity index (χ1n) is 5.99. The highest BCUT2D eigenvalue weighted by Crippen LogP contribution is 2.24. The molecule has 6 heteroatoms. The standard InChI is InChI=1S/C13H13BrFN3O/c1-3-11-12(4-2)17-18-13(16-11)19-8-5-6-10(15)9(14)7-8/h5-7H,3-4H2,1-2H3. The van der Waals surface area contributed by atoms with Crippen molar-refractivity contribution in [3.05, 3.63) is 39.9 Å². The van der Waals surface area contributed by atoms with Crippen LogP contribution >= 0.6 is 15.9 Å². The van der Waals surface area contributed by atoms with Crippen LogP contribution in [0.1, 0.15) is 25.2 Å². The van der Waals surface area contributed by atoms with Crippen LogP contribution in [0, 0.1) is 5.82 Å². The van der Waals surface area contributed by atoms with Gasteiger partial charge in [-0.3, -0.25) is 0 Å². The molecule has 1 aromatic heterocycles. The van der Waals surface area contributed by atoms with E-state index in [4.69, 9.17) is 4.74 Å². The second-order valence-corrected chi connectivity index (χ2v) is 4.73. The van der Waals surface area contributed by atoms with Crippen molar-refractivity contribution in [2.75, 3.05) is 0 Å². The van der Waals surface area contributed by atoms with Gasteiger partial charge in [0.25, 0.3) is 0 Å². The Kier molecular flexibility index (Phi) is 4.42. The zero-order chi connectivity index (χ0) is 13.8. The Morgan fingerprint density at radius 2 is 1.89 bits per heavy atom. The van der Waals surface area contributed by atoms with Crippen molar-refractivity contribution in [1.82, 2.24) is 15.2 Å². The van der Waals surface area contributed by atoms with Gasteiger partial charge in [0, 0.05) is 0 Å². The minimum absolute atomic E-state index is 0.174. The molecule has 2 rings (SSSR count). The largest absolute Gasteiger partial charge is 0.423 e. The second kappa shape index (κ2) is 6.06. The fourth-order valence-electron chi connectivity index (χ4n) is 1.61. The van der Waals surface area contributed by atoms with E-state index < -0.39 is 0 Å². The fourth-order valence-corrected chi connectivity index (χ4v) is 1.97. The molecule has 0 amide bonds. The van der Waals surface area contributed by atoms with Crippen LogP contribution in [0.5, 0.6) is 11.8 Å². The molecule has 100 valence electrons. The highest BCUT2D eigenvalue weighted by molar-refractivity contribution is 9.10. The average molecular weight is 326 g/mol. The van der Waals surface area contributed by atoms with Crippen LogP contribution in [-0.4, -0.2) is 15.2 Å². The smallest absolute Gasteiger partial charge is 0.341 e. The third-order valence-corrected chi connectivity index (χ3v) is 3.20. The molecule has 0 aliphatic carbocycles. The topological polar surface area (TPSA) is 47.9 Å². The van der Waals surface area contributed by atoms with Crippen LogP contribution < -0.4 is 4.74 Å². The number of nitrogens with zero attached hydrogens (tertiary/aromatic N) is 3. The zero-order valence-electron chi connectivity index (χ0n) is 10.7. The normalized spacial score (nSPS) is 10.5. The number of halogens is 2. The van der Waals surface area contributed by atoms with Gasteiger partial charge >= 0.3 is 6.01 Å². The molecule has 0 radical (unpaired) electrons. The highest BCUT2D eigenvalue weighted by atomic mass is 79.9. The summed E-state index contributed by atoms with van der Waals surface area (Å²) in [7, 11) is 0. The molecule has 0 spiro atoms. The fraction of sp³-hybridized carbons (Fsp3) is 0.308. The predicted molar refractivity (Wildman–Crippen MR) is 72.8 cm³/mol. The van der Waals surface area contributed by atoms with Gasteiger partial charge in [0.05, 0.1) is 15.9 Å². The van der Waals surface area contributed by atoms with Crippen LogP contribution in [0.25, 0.3) is 0 Å². The quantitative estimate of drug-likeness (QED) is 0.860. The summed E-state index contributed by atoms with van der Waals surface area (Å²) in [4.78, 5) is 4.30. The summed E-state index contributed by atoms with van der Waals surface area (Å²) >= 11 is 3.10. The van der Waals surface area contributed by atoms with Crippen LogP contribution in [0.15, 0.2) is 22.7 Å². The van der Waals surface area contributed by atoms with E-state index in [0.717, 1.165) is 24.2 Å². The minimum atomic E-state index is -0.345. The van der Waals surface area contributed by atoms with E-state index in [1.807, 2.05) is 13.8 Å². The summed E-state index contributed by atoms with van der Waals surface area (Å²) in [5.74, 6) is 0.114. The lowest BCUT2D eigenvalue weighted by molar-refractivity contribution is 0.427. The van der Waals surface area contributed by atoms with Crippen LogP contribution in [-0.2, 0) is 12.8 Å². The molecule has 0 atom stereocenters. The van der Waals surface area contributed by atoms with Crippen LogP contribution in [0.4, 0.5) is 4.39 Å². The Bertz CT molecular complexity index is 592. The SMILES string of the molecule is CCc1nnc(Oc2ccc(F)c(Br)c2)nc1CC. The molecule has 4 nitrogen and oxygen atoms in total. The first-order valence-corrected chi connectivity index (χ1v) is 6.78. The van der Waals surface area contributed by atoms with Crippen LogP contribution in [0.2, 0.25) is 0 Å². The molecule has 0 unspecified atom stereocenters. The molecule has 1 heterocycles. The summed E-state index contributed by atoms with van der Waals surface area (Å²) in [6.45, 7) is 4.00. The van der Waals surface area contributed by atoms with E-state index in [9.17, 15) is 4.39 Å². The van der Waals surface area contributed by atoms with Gasteiger partial charge in [-0.2, -0.15) is 4.98 Å². The number of ether oxygens (including phenoxy) is 1. The molecule has 2 aromatic rings. The number of rotatable bonds is 4. The molecule has 0 N–H and O–H groups in total. The summed E-state index contributed by atoms with van der Waals surface area (Å²) in [5.41, 5.74) is 1.74. The first kappa shape index (κ1) is 13.9. The van der Waals surface area contributed by atoms with Gasteiger partial charge in [0.2, 0.25) is 0 Å². The highest BCUT2D eigenvalue weighted by Gasteiger charge is 2.09. The molecule has 19 heavy (non-hydrogen) atoms. The van der Waals surface area contributed by atoms with Crippen molar-refractivity contribution in [2.45, 2.75) is 26.7 Å². The van der Waals surface area contributed by atoms with Gasteiger partial charge in [-0.05, 0) is 47.0 Å². The molecule has 0 bridgehead atoms. The van der Waals surface area contributed by atoms with Gasteiger partial charge in [-0.15, -0.1) is 5.10 Å². The summed E-state index contributed by atoms with van der Waals surface area (Å²) in [6.07, 6.45) is 1.55.